The lowest BCUT2D eigenvalue weighted by Gasteiger charge is -2.34. The Kier molecular flexibility index (Phi) is 6.51. The number of halogens is 1. The summed E-state index contributed by atoms with van der Waals surface area (Å²) in [7, 11) is -4.04. The molecule has 0 bridgehead atoms. The summed E-state index contributed by atoms with van der Waals surface area (Å²) in [6.07, 6.45) is 1.13. The molecule has 3 rings (SSSR count). The van der Waals surface area contributed by atoms with Gasteiger partial charge in [-0.15, -0.1) is 0 Å². The molecule has 31 heavy (non-hydrogen) atoms. The largest absolute Gasteiger partial charge is 0.449 e. The lowest BCUT2D eigenvalue weighted by atomic mass is 9.98. The molecule has 2 heterocycles. The van der Waals surface area contributed by atoms with Gasteiger partial charge < -0.3 is 9.84 Å². The highest BCUT2D eigenvalue weighted by atomic mass is 32.2. The molecule has 0 radical (unpaired) electrons. The second-order valence-corrected chi connectivity index (χ2v) is 10.6. The predicted molar refractivity (Wildman–Crippen MR) is 114 cm³/mol. The maximum atomic E-state index is 13.3. The molecule has 1 aliphatic rings. The van der Waals surface area contributed by atoms with E-state index in [2.05, 4.69) is 10.3 Å². The number of nitrogens with one attached hydrogen (secondary N) is 1. The molecule has 1 atom stereocenters. The van der Waals surface area contributed by atoms with Crippen molar-refractivity contribution in [1.82, 2.24) is 4.98 Å². The molecule has 168 valence electrons. The van der Waals surface area contributed by atoms with E-state index in [1.54, 1.807) is 0 Å². The molecule has 10 heteroatoms. The smallest absolute Gasteiger partial charge is 0.411 e. The third kappa shape index (κ3) is 5.50. The van der Waals surface area contributed by atoms with Gasteiger partial charge in [0.2, 0.25) is 0 Å². The lowest BCUT2D eigenvalue weighted by Crippen LogP contribution is -2.41. The maximum absolute atomic E-state index is 13.3. The number of hydrogen-bond donors (Lipinski definition) is 2. The van der Waals surface area contributed by atoms with Gasteiger partial charge in [-0.25, -0.2) is 17.6 Å². The van der Waals surface area contributed by atoms with Crippen LogP contribution in [0.15, 0.2) is 41.4 Å². The van der Waals surface area contributed by atoms with Crippen LogP contribution in [0.2, 0.25) is 0 Å². The second kappa shape index (κ2) is 8.80. The Balaban J connectivity index is 1.92. The van der Waals surface area contributed by atoms with Gasteiger partial charge in [0, 0.05) is 19.1 Å². The molecule has 1 aliphatic heterocycles. The van der Waals surface area contributed by atoms with Crippen molar-refractivity contribution in [2.24, 2.45) is 11.3 Å². The van der Waals surface area contributed by atoms with Crippen LogP contribution in [0.1, 0.15) is 26.5 Å². The number of ether oxygens (including phenoxy) is 1. The number of amides is 1. The Hall–Kier alpha value is -2.72. The molecule has 0 fully saturated rings. The fourth-order valence-electron chi connectivity index (χ4n) is 3.11. The van der Waals surface area contributed by atoms with Gasteiger partial charge >= 0.3 is 6.09 Å². The fraction of sp³-hybridized carbons (Fsp3) is 0.429. The minimum absolute atomic E-state index is 0.0306. The van der Waals surface area contributed by atoms with E-state index in [4.69, 9.17) is 4.74 Å². The van der Waals surface area contributed by atoms with Gasteiger partial charge in [-0.2, -0.15) is 0 Å². The van der Waals surface area contributed by atoms with Crippen LogP contribution in [0.3, 0.4) is 0 Å². The third-order valence-electron chi connectivity index (χ3n) is 4.66. The van der Waals surface area contributed by atoms with Crippen LogP contribution in [0.25, 0.3) is 0 Å². The highest BCUT2D eigenvalue weighted by Crippen LogP contribution is 2.34. The molecule has 2 aromatic rings. The van der Waals surface area contributed by atoms with Gasteiger partial charge in [0.1, 0.15) is 5.82 Å². The number of carbonyl (C=O) groups is 1. The first-order valence-electron chi connectivity index (χ1n) is 9.81. The van der Waals surface area contributed by atoms with Crippen molar-refractivity contribution in [3.05, 3.63) is 48.0 Å². The van der Waals surface area contributed by atoms with E-state index in [1.807, 2.05) is 20.8 Å². The number of aliphatic hydroxyl groups is 1. The van der Waals surface area contributed by atoms with Crippen LogP contribution in [0, 0.1) is 17.2 Å². The van der Waals surface area contributed by atoms with Gasteiger partial charge in [0.05, 0.1) is 34.8 Å². The zero-order valence-corrected chi connectivity index (χ0v) is 18.4. The standard InChI is InChI=1S/C21H26FN3O5S/c1-21(2,3)13-30-20(27)24-16-9-19-18(23-10-16)8-14(12-26)11-25(19)31(28,29)17-6-4-15(22)5-7-17/h4-7,9-10,14,26H,8,11-13H2,1-3H3,(H,24,27)/t14-/m1/s1. The molecule has 1 aromatic carbocycles. The number of carbonyl (C=O) groups excluding carboxylic acids is 1. The topological polar surface area (TPSA) is 109 Å². The molecule has 0 saturated heterocycles. The minimum Gasteiger partial charge on any atom is -0.449 e. The zero-order chi connectivity index (χ0) is 22.8. The van der Waals surface area contributed by atoms with Crippen LogP contribution in [-0.4, -0.2) is 44.4 Å². The van der Waals surface area contributed by atoms with E-state index in [-0.39, 0.29) is 41.7 Å². The Bertz CT molecular complexity index is 1050. The molecule has 8 nitrogen and oxygen atoms in total. The van der Waals surface area contributed by atoms with Crippen LogP contribution < -0.4 is 9.62 Å². The van der Waals surface area contributed by atoms with E-state index in [0.717, 1.165) is 16.4 Å². The number of anilines is 2. The van der Waals surface area contributed by atoms with Crippen molar-refractivity contribution < 1.29 is 27.4 Å². The first-order valence-corrected chi connectivity index (χ1v) is 11.3. The Morgan fingerprint density at radius 3 is 2.61 bits per heavy atom. The highest BCUT2D eigenvalue weighted by molar-refractivity contribution is 7.92. The number of pyridine rings is 1. The number of aliphatic hydroxyl groups excluding tert-OH is 1. The summed E-state index contributed by atoms with van der Waals surface area (Å²) in [6, 6.07) is 6.03. The first kappa shape index (κ1) is 23.0. The number of benzene rings is 1. The lowest BCUT2D eigenvalue weighted by molar-refractivity contribution is 0.118. The summed E-state index contributed by atoms with van der Waals surface area (Å²) >= 11 is 0. The van der Waals surface area contributed by atoms with Gasteiger partial charge in [-0.3, -0.25) is 14.6 Å². The van der Waals surface area contributed by atoms with Crippen LogP contribution in [0.5, 0.6) is 0 Å². The fourth-order valence-corrected chi connectivity index (χ4v) is 4.67. The highest BCUT2D eigenvalue weighted by Gasteiger charge is 2.34. The van der Waals surface area contributed by atoms with Crippen molar-refractivity contribution in [1.29, 1.82) is 0 Å². The van der Waals surface area contributed by atoms with Crippen molar-refractivity contribution in [2.75, 3.05) is 29.4 Å². The summed E-state index contributed by atoms with van der Waals surface area (Å²) in [5, 5.41) is 12.2. The predicted octanol–water partition coefficient (Wildman–Crippen LogP) is 3.18. The number of hydrogen-bond acceptors (Lipinski definition) is 6. The van der Waals surface area contributed by atoms with Gasteiger partial charge in [-0.05, 0) is 42.2 Å². The molecule has 2 N–H and O–H groups in total. The van der Waals surface area contributed by atoms with Crippen LogP contribution in [0.4, 0.5) is 20.6 Å². The quantitative estimate of drug-likeness (QED) is 0.723. The molecular weight excluding hydrogens is 425 g/mol. The molecule has 0 unspecified atom stereocenters. The maximum Gasteiger partial charge on any atom is 0.411 e. The van der Waals surface area contributed by atoms with E-state index in [9.17, 15) is 22.7 Å². The van der Waals surface area contributed by atoms with Gasteiger partial charge in [-0.1, -0.05) is 20.8 Å². The van der Waals surface area contributed by atoms with E-state index in [1.165, 1.54) is 24.4 Å². The number of rotatable bonds is 5. The minimum atomic E-state index is -4.04. The normalized spacial score (nSPS) is 16.5. The van der Waals surface area contributed by atoms with Crippen molar-refractivity contribution in [3.63, 3.8) is 0 Å². The third-order valence-corrected chi connectivity index (χ3v) is 6.46. The Morgan fingerprint density at radius 1 is 1.32 bits per heavy atom. The molecule has 1 amide bonds. The SMILES string of the molecule is CC(C)(C)COC(=O)Nc1cnc2c(c1)N(S(=O)(=O)c1ccc(F)cc1)C[C@H](CO)C2. The average Bonchev–Trinajstić information content (AvgIpc) is 2.71. The summed E-state index contributed by atoms with van der Waals surface area (Å²) in [5.41, 5.74) is 0.844. The zero-order valence-electron chi connectivity index (χ0n) is 17.6. The molecule has 1 aromatic heterocycles. The summed E-state index contributed by atoms with van der Waals surface area (Å²) in [5.74, 6) is -0.890. The second-order valence-electron chi connectivity index (χ2n) is 8.69. The summed E-state index contributed by atoms with van der Waals surface area (Å²) in [4.78, 5) is 16.3. The van der Waals surface area contributed by atoms with Gasteiger partial charge in [0.15, 0.2) is 0 Å². The van der Waals surface area contributed by atoms with E-state index >= 15 is 0 Å². The Morgan fingerprint density at radius 2 is 2.00 bits per heavy atom. The summed E-state index contributed by atoms with van der Waals surface area (Å²) < 4.78 is 46.1. The molecule has 0 aliphatic carbocycles. The average molecular weight is 452 g/mol. The molecule has 0 spiro atoms. The van der Waals surface area contributed by atoms with Crippen molar-refractivity contribution in [2.45, 2.75) is 32.1 Å². The number of fused-ring (bicyclic) bond motifs is 1. The first-order chi connectivity index (χ1) is 14.5. The Labute approximate surface area is 181 Å². The van der Waals surface area contributed by atoms with Crippen molar-refractivity contribution in [3.8, 4) is 0 Å². The number of aromatic nitrogens is 1. The van der Waals surface area contributed by atoms with Crippen LogP contribution >= 0.6 is 0 Å². The monoisotopic (exact) mass is 451 g/mol. The van der Waals surface area contributed by atoms with Gasteiger partial charge in [0.25, 0.3) is 10.0 Å². The summed E-state index contributed by atoms with van der Waals surface area (Å²) in [6.45, 7) is 5.81. The number of nitrogens with zero attached hydrogens (tertiary/aromatic N) is 2. The molecular formula is C21H26FN3O5S. The van der Waals surface area contributed by atoms with Crippen molar-refractivity contribution >= 4 is 27.5 Å². The van der Waals surface area contributed by atoms with E-state index < -0.39 is 21.9 Å². The van der Waals surface area contributed by atoms with Crippen LogP contribution in [-0.2, 0) is 21.2 Å². The number of sulfonamides is 1. The van der Waals surface area contributed by atoms with E-state index in [0.29, 0.717) is 17.8 Å². The molecule has 0 saturated carbocycles.